The van der Waals surface area contributed by atoms with Crippen molar-refractivity contribution in [2.24, 2.45) is 0 Å². The van der Waals surface area contributed by atoms with Crippen LogP contribution in [0.2, 0.25) is 0 Å². The van der Waals surface area contributed by atoms with Gasteiger partial charge in [-0.1, -0.05) is 5.21 Å². The Bertz CT molecular complexity index is 431. The van der Waals surface area contributed by atoms with E-state index in [0.717, 1.165) is 0 Å². The molecule has 1 heterocycles. The average Bonchev–Trinajstić information content (AvgIpc) is 2.81. The molecule has 19 heavy (non-hydrogen) atoms. The van der Waals surface area contributed by atoms with E-state index in [4.69, 9.17) is 5.11 Å². The summed E-state index contributed by atoms with van der Waals surface area (Å²) in [6, 6.07) is -0.611. The van der Waals surface area contributed by atoms with Gasteiger partial charge in [0.05, 0.1) is 12.7 Å². The molecule has 0 aromatic carbocycles. The quantitative estimate of drug-likeness (QED) is 0.604. The number of aliphatic carboxylic acids is 1. The molecule has 0 radical (unpaired) electrons. The summed E-state index contributed by atoms with van der Waals surface area (Å²) in [6.45, 7) is 0.748. The van der Waals surface area contributed by atoms with E-state index in [0.29, 0.717) is 13.1 Å². The fourth-order valence-corrected chi connectivity index (χ4v) is 1.27. The van der Waals surface area contributed by atoms with E-state index in [1.54, 1.807) is 6.20 Å². The van der Waals surface area contributed by atoms with Crippen LogP contribution < -0.4 is 10.6 Å². The number of carboxylic acid groups (broad SMARTS) is 1. The Kier molecular flexibility index (Phi) is 5.99. The van der Waals surface area contributed by atoms with Gasteiger partial charge in [0.2, 0.25) is 5.91 Å². The van der Waals surface area contributed by atoms with E-state index < -0.39 is 17.9 Å². The number of nitrogens with zero attached hydrogens (tertiary/aromatic N) is 3. The molecule has 1 aromatic heterocycles. The zero-order chi connectivity index (χ0) is 14.1. The number of carboxylic acids is 1. The number of rotatable bonds is 7. The molecule has 9 nitrogen and oxygen atoms in total. The minimum atomic E-state index is -0.968. The van der Waals surface area contributed by atoms with Crippen LogP contribution in [0, 0.1) is 0 Å². The lowest BCUT2D eigenvalue weighted by Gasteiger charge is -2.06. The Morgan fingerprint density at radius 1 is 1.26 bits per heavy atom. The molecule has 0 aliphatic heterocycles. The van der Waals surface area contributed by atoms with E-state index in [2.05, 4.69) is 20.9 Å². The van der Waals surface area contributed by atoms with Crippen molar-refractivity contribution < 1.29 is 19.5 Å². The number of carbonyl (C=O) groups excluding carboxylic acids is 2. The summed E-state index contributed by atoms with van der Waals surface area (Å²) in [4.78, 5) is 32.7. The van der Waals surface area contributed by atoms with E-state index in [9.17, 15) is 14.4 Å². The van der Waals surface area contributed by atoms with Crippen LogP contribution in [0.25, 0.3) is 0 Å². The lowest BCUT2D eigenvalue weighted by Crippen LogP contribution is -2.40. The van der Waals surface area contributed by atoms with Crippen LogP contribution in [0.4, 0.5) is 4.79 Å². The maximum atomic E-state index is 11.3. The van der Waals surface area contributed by atoms with Crippen LogP contribution in [0.5, 0.6) is 0 Å². The minimum absolute atomic E-state index is 0.00277. The largest absolute Gasteiger partial charge is 0.481 e. The van der Waals surface area contributed by atoms with Crippen molar-refractivity contribution in [3.8, 4) is 0 Å². The summed E-state index contributed by atoms with van der Waals surface area (Å²) in [5, 5.41) is 20.3. The maximum Gasteiger partial charge on any atom is 0.321 e. The van der Waals surface area contributed by atoms with Crippen molar-refractivity contribution in [3.05, 3.63) is 12.4 Å². The van der Waals surface area contributed by atoms with Gasteiger partial charge < -0.3 is 10.4 Å². The predicted octanol–water partition coefficient (Wildman–Crippen LogP) is -0.641. The molecular weight excluding hydrogens is 254 g/mol. The molecule has 104 valence electrons. The first-order chi connectivity index (χ1) is 9.08. The number of carbonyl (C=O) groups is 3. The highest BCUT2D eigenvalue weighted by Crippen LogP contribution is 1.94. The fraction of sp³-hybridized carbons (Fsp3) is 0.500. The third-order valence-corrected chi connectivity index (χ3v) is 2.15. The standard InChI is InChI=1S/C10H15N5O4/c16-8(2-1-3-9(17)18)13-10(19)11-4-6-15-7-5-12-14-15/h5,7H,1-4,6H2,(H,17,18)(H2,11,13,16,19). The van der Waals surface area contributed by atoms with Gasteiger partial charge in [-0.25, -0.2) is 4.79 Å². The third kappa shape index (κ3) is 6.76. The summed E-state index contributed by atoms with van der Waals surface area (Å²) in [5.41, 5.74) is 0. The number of amides is 3. The molecule has 0 aliphatic rings. The summed E-state index contributed by atoms with van der Waals surface area (Å²) in [5.74, 6) is -1.47. The van der Waals surface area contributed by atoms with E-state index in [-0.39, 0.29) is 19.3 Å². The molecule has 3 amide bonds. The van der Waals surface area contributed by atoms with Gasteiger partial charge in [0.15, 0.2) is 0 Å². The lowest BCUT2D eigenvalue weighted by molar-refractivity contribution is -0.137. The molecule has 0 saturated heterocycles. The molecule has 9 heteroatoms. The SMILES string of the molecule is O=C(O)CCCC(=O)NC(=O)NCCn1ccnn1. The number of hydrogen-bond acceptors (Lipinski definition) is 5. The molecule has 1 aromatic rings. The molecule has 3 N–H and O–H groups in total. The van der Waals surface area contributed by atoms with Crippen LogP contribution in [-0.2, 0) is 16.1 Å². The van der Waals surface area contributed by atoms with Gasteiger partial charge in [-0.2, -0.15) is 0 Å². The highest BCUT2D eigenvalue weighted by atomic mass is 16.4. The van der Waals surface area contributed by atoms with Crippen molar-refractivity contribution in [1.29, 1.82) is 0 Å². The second-order valence-corrected chi connectivity index (χ2v) is 3.72. The topological polar surface area (TPSA) is 126 Å². The highest BCUT2D eigenvalue weighted by molar-refractivity contribution is 5.94. The zero-order valence-corrected chi connectivity index (χ0v) is 10.2. The van der Waals surface area contributed by atoms with Crippen molar-refractivity contribution >= 4 is 17.9 Å². The van der Waals surface area contributed by atoms with Crippen LogP contribution in [0.15, 0.2) is 12.4 Å². The second-order valence-electron chi connectivity index (χ2n) is 3.72. The second kappa shape index (κ2) is 7.80. The number of aromatic nitrogens is 3. The van der Waals surface area contributed by atoms with Gasteiger partial charge in [-0.3, -0.25) is 19.6 Å². The van der Waals surface area contributed by atoms with E-state index in [1.165, 1.54) is 10.9 Å². The Balaban J connectivity index is 2.09. The fourth-order valence-electron chi connectivity index (χ4n) is 1.27. The Morgan fingerprint density at radius 2 is 2.05 bits per heavy atom. The number of imide groups is 1. The Labute approximate surface area is 109 Å². The lowest BCUT2D eigenvalue weighted by atomic mass is 10.2. The molecule has 0 saturated carbocycles. The van der Waals surface area contributed by atoms with Crippen molar-refractivity contribution in [1.82, 2.24) is 25.6 Å². The summed E-state index contributed by atoms with van der Waals surface area (Å²) < 4.78 is 1.54. The summed E-state index contributed by atoms with van der Waals surface area (Å²) in [7, 11) is 0. The normalized spacial score (nSPS) is 9.89. The number of urea groups is 1. The summed E-state index contributed by atoms with van der Waals surface area (Å²) in [6.07, 6.45) is 3.28. The maximum absolute atomic E-state index is 11.3. The average molecular weight is 269 g/mol. The monoisotopic (exact) mass is 269 g/mol. The van der Waals surface area contributed by atoms with Gasteiger partial charge >= 0.3 is 12.0 Å². The first kappa shape index (κ1) is 14.6. The smallest absolute Gasteiger partial charge is 0.321 e. The highest BCUT2D eigenvalue weighted by Gasteiger charge is 2.07. The third-order valence-electron chi connectivity index (χ3n) is 2.15. The summed E-state index contributed by atoms with van der Waals surface area (Å²) >= 11 is 0. The molecule has 0 bridgehead atoms. The van der Waals surface area contributed by atoms with Gasteiger partial charge in [0.25, 0.3) is 0 Å². The molecule has 0 fully saturated rings. The van der Waals surface area contributed by atoms with Gasteiger partial charge in [0.1, 0.15) is 0 Å². The van der Waals surface area contributed by atoms with Crippen LogP contribution in [0.1, 0.15) is 19.3 Å². The predicted molar refractivity (Wildman–Crippen MR) is 63.1 cm³/mol. The first-order valence-electron chi connectivity index (χ1n) is 5.71. The first-order valence-corrected chi connectivity index (χ1v) is 5.71. The van der Waals surface area contributed by atoms with Crippen molar-refractivity contribution in [2.75, 3.05) is 6.54 Å². The van der Waals surface area contributed by atoms with Crippen molar-refractivity contribution in [3.63, 3.8) is 0 Å². The number of nitrogens with one attached hydrogen (secondary N) is 2. The van der Waals surface area contributed by atoms with Crippen LogP contribution in [-0.4, -0.2) is 44.6 Å². The molecule has 0 unspecified atom stereocenters. The van der Waals surface area contributed by atoms with Crippen LogP contribution >= 0.6 is 0 Å². The Hall–Kier alpha value is -2.45. The minimum Gasteiger partial charge on any atom is -0.481 e. The van der Waals surface area contributed by atoms with Gasteiger partial charge in [-0.15, -0.1) is 5.10 Å². The van der Waals surface area contributed by atoms with Crippen LogP contribution in [0.3, 0.4) is 0 Å². The molecule has 0 spiro atoms. The molecule has 0 aliphatic carbocycles. The molecular formula is C10H15N5O4. The zero-order valence-electron chi connectivity index (χ0n) is 10.2. The van der Waals surface area contributed by atoms with Gasteiger partial charge in [0, 0.05) is 25.6 Å². The molecule has 0 atom stereocenters. The van der Waals surface area contributed by atoms with E-state index in [1.807, 2.05) is 0 Å². The van der Waals surface area contributed by atoms with Crippen molar-refractivity contribution in [2.45, 2.75) is 25.8 Å². The number of hydrogen-bond donors (Lipinski definition) is 3. The van der Waals surface area contributed by atoms with Gasteiger partial charge in [-0.05, 0) is 6.42 Å². The molecule has 1 rings (SSSR count). The Morgan fingerprint density at radius 3 is 2.68 bits per heavy atom. The van der Waals surface area contributed by atoms with E-state index >= 15 is 0 Å².